The van der Waals surface area contributed by atoms with Crippen LogP contribution in [0.15, 0.2) is 36.8 Å². The van der Waals surface area contributed by atoms with Crippen LogP contribution < -0.4 is 5.32 Å². The van der Waals surface area contributed by atoms with Crippen LogP contribution in [-0.4, -0.2) is 21.3 Å². The van der Waals surface area contributed by atoms with E-state index in [9.17, 15) is 0 Å². The van der Waals surface area contributed by atoms with Gasteiger partial charge in [-0.15, -0.1) is 0 Å². The second-order valence-corrected chi connectivity index (χ2v) is 2.86. The SMILES string of the molecule is CCNc1cccnc1-n1cccn1. The number of nitrogens with one attached hydrogen (secondary N) is 1. The zero-order valence-electron chi connectivity index (χ0n) is 8.01. The van der Waals surface area contributed by atoms with Crippen molar-refractivity contribution in [1.82, 2.24) is 14.8 Å². The van der Waals surface area contributed by atoms with E-state index in [0.717, 1.165) is 18.1 Å². The number of hydrogen-bond acceptors (Lipinski definition) is 3. The normalized spacial score (nSPS) is 10.1. The summed E-state index contributed by atoms with van der Waals surface area (Å²) >= 11 is 0. The standard InChI is InChI=1S/C10H12N4/c1-2-11-9-5-3-6-12-10(9)14-8-4-7-13-14/h3-8,11H,2H2,1H3. The third-order valence-corrected chi connectivity index (χ3v) is 1.88. The van der Waals surface area contributed by atoms with Gasteiger partial charge in [0.05, 0.1) is 5.69 Å². The van der Waals surface area contributed by atoms with Crippen molar-refractivity contribution in [2.75, 3.05) is 11.9 Å². The van der Waals surface area contributed by atoms with Crippen LogP contribution in [-0.2, 0) is 0 Å². The highest BCUT2D eigenvalue weighted by Gasteiger charge is 2.03. The molecule has 0 aliphatic rings. The van der Waals surface area contributed by atoms with Gasteiger partial charge in [0, 0.05) is 25.1 Å². The number of anilines is 1. The van der Waals surface area contributed by atoms with Gasteiger partial charge in [-0.1, -0.05) is 0 Å². The average Bonchev–Trinajstić information content (AvgIpc) is 2.72. The van der Waals surface area contributed by atoms with Gasteiger partial charge in [0.15, 0.2) is 5.82 Å². The molecule has 0 amide bonds. The molecule has 14 heavy (non-hydrogen) atoms. The molecule has 72 valence electrons. The first-order valence-electron chi connectivity index (χ1n) is 4.60. The fourth-order valence-corrected chi connectivity index (χ4v) is 1.30. The van der Waals surface area contributed by atoms with Crippen LogP contribution in [0.5, 0.6) is 0 Å². The van der Waals surface area contributed by atoms with Crippen LogP contribution in [0.1, 0.15) is 6.92 Å². The first kappa shape index (κ1) is 8.74. The van der Waals surface area contributed by atoms with E-state index in [2.05, 4.69) is 22.3 Å². The largest absolute Gasteiger partial charge is 0.382 e. The van der Waals surface area contributed by atoms with Gasteiger partial charge < -0.3 is 5.32 Å². The second kappa shape index (κ2) is 3.91. The molecule has 0 aliphatic carbocycles. The maximum Gasteiger partial charge on any atom is 0.176 e. The first-order chi connectivity index (χ1) is 6.92. The Morgan fingerprint density at radius 1 is 1.36 bits per heavy atom. The molecule has 0 saturated carbocycles. The highest BCUT2D eigenvalue weighted by atomic mass is 15.3. The summed E-state index contributed by atoms with van der Waals surface area (Å²) in [5, 5.41) is 7.38. The van der Waals surface area contributed by atoms with Crippen LogP contribution in [0.25, 0.3) is 5.82 Å². The Balaban J connectivity index is 2.42. The lowest BCUT2D eigenvalue weighted by Gasteiger charge is -2.08. The zero-order valence-corrected chi connectivity index (χ0v) is 8.01. The van der Waals surface area contributed by atoms with Crippen LogP contribution in [0.3, 0.4) is 0 Å². The van der Waals surface area contributed by atoms with E-state index in [1.807, 2.05) is 24.4 Å². The smallest absolute Gasteiger partial charge is 0.176 e. The van der Waals surface area contributed by atoms with Crippen molar-refractivity contribution in [2.45, 2.75) is 6.92 Å². The Morgan fingerprint density at radius 2 is 2.29 bits per heavy atom. The second-order valence-electron chi connectivity index (χ2n) is 2.86. The van der Waals surface area contributed by atoms with E-state index in [4.69, 9.17) is 0 Å². The Kier molecular flexibility index (Phi) is 2.44. The Bertz CT molecular complexity index is 394. The fraction of sp³-hybridized carbons (Fsp3) is 0.200. The fourth-order valence-electron chi connectivity index (χ4n) is 1.30. The molecule has 4 heteroatoms. The maximum absolute atomic E-state index is 4.28. The molecule has 0 aliphatic heterocycles. The van der Waals surface area contributed by atoms with Crippen molar-refractivity contribution in [3.05, 3.63) is 36.8 Å². The molecule has 2 aromatic rings. The van der Waals surface area contributed by atoms with Crippen molar-refractivity contribution >= 4 is 5.69 Å². The molecule has 0 radical (unpaired) electrons. The Hall–Kier alpha value is -1.84. The summed E-state index contributed by atoms with van der Waals surface area (Å²) in [5.74, 6) is 0.833. The molecular formula is C10H12N4. The monoisotopic (exact) mass is 188 g/mol. The molecule has 0 unspecified atom stereocenters. The van der Waals surface area contributed by atoms with Crippen LogP contribution in [0.4, 0.5) is 5.69 Å². The van der Waals surface area contributed by atoms with Crippen molar-refractivity contribution < 1.29 is 0 Å². The molecular weight excluding hydrogens is 176 g/mol. The topological polar surface area (TPSA) is 42.7 Å². The molecule has 1 N–H and O–H groups in total. The third kappa shape index (κ3) is 1.59. The molecule has 2 rings (SSSR count). The number of aromatic nitrogens is 3. The van der Waals surface area contributed by atoms with E-state index in [0.29, 0.717) is 0 Å². The van der Waals surface area contributed by atoms with Crippen LogP contribution >= 0.6 is 0 Å². The number of hydrogen-bond donors (Lipinski definition) is 1. The van der Waals surface area contributed by atoms with Gasteiger partial charge in [0.1, 0.15) is 0 Å². The number of pyridine rings is 1. The van der Waals surface area contributed by atoms with E-state index in [1.54, 1.807) is 17.1 Å². The minimum Gasteiger partial charge on any atom is -0.382 e. The molecule has 0 spiro atoms. The van der Waals surface area contributed by atoms with Crippen molar-refractivity contribution in [2.24, 2.45) is 0 Å². The van der Waals surface area contributed by atoms with Crippen molar-refractivity contribution in [3.63, 3.8) is 0 Å². The minimum atomic E-state index is 0.833. The predicted molar refractivity (Wildman–Crippen MR) is 55.5 cm³/mol. The molecule has 0 aromatic carbocycles. The zero-order chi connectivity index (χ0) is 9.80. The summed E-state index contributed by atoms with van der Waals surface area (Å²) in [5.41, 5.74) is 0.999. The molecule has 2 heterocycles. The predicted octanol–water partition coefficient (Wildman–Crippen LogP) is 1.70. The lowest BCUT2D eigenvalue weighted by atomic mass is 10.4. The lowest BCUT2D eigenvalue weighted by molar-refractivity contribution is 0.847. The van der Waals surface area contributed by atoms with Gasteiger partial charge in [-0.05, 0) is 25.1 Å². The molecule has 0 fully saturated rings. The van der Waals surface area contributed by atoms with Crippen LogP contribution in [0.2, 0.25) is 0 Å². The summed E-state index contributed by atoms with van der Waals surface area (Å²) in [6.07, 6.45) is 5.38. The summed E-state index contributed by atoms with van der Waals surface area (Å²) in [6, 6.07) is 5.78. The average molecular weight is 188 g/mol. The highest BCUT2D eigenvalue weighted by molar-refractivity contribution is 5.55. The quantitative estimate of drug-likeness (QED) is 0.797. The number of rotatable bonds is 3. The third-order valence-electron chi connectivity index (χ3n) is 1.88. The molecule has 2 aromatic heterocycles. The van der Waals surface area contributed by atoms with Gasteiger partial charge in [-0.2, -0.15) is 5.10 Å². The maximum atomic E-state index is 4.28. The van der Waals surface area contributed by atoms with Gasteiger partial charge in [-0.3, -0.25) is 0 Å². The minimum absolute atomic E-state index is 0.833. The highest BCUT2D eigenvalue weighted by Crippen LogP contribution is 2.15. The number of nitrogens with zero attached hydrogens (tertiary/aromatic N) is 3. The summed E-state index contributed by atoms with van der Waals surface area (Å²) < 4.78 is 1.75. The van der Waals surface area contributed by atoms with Crippen molar-refractivity contribution in [3.8, 4) is 5.82 Å². The molecule has 4 nitrogen and oxygen atoms in total. The Morgan fingerprint density at radius 3 is 3.00 bits per heavy atom. The van der Waals surface area contributed by atoms with Gasteiger partial charge >= 0.3 is 0 Å². The molecule has 0 bridgehead atoms. The van der Waals surface area contributed by atoms with E-state index in [1.165, 1.54) is 0 Å². The summed E-state index contributed by atoms with van der Waals surface area (Å²) in [7, 11) is 0. The van der Waals surface area contributed by atoms with Gasteiger partial charge in [0.25, 0.3) is 0 Å². The summed E-state index contributed by atoms with van der Waals surface area (Å²) in [6.45, 7) is 2.93. The van der Waals surface area contributed by atoms with Gasteiger partial charge in [-0.25, -0.2) is 9.67 Å². The summed E-state index contributed by atoms with van der Waals surface area (Å²) in [4.78, 5) is 4.28. The van der Waals surface area contributed by atoms with Gasteiger partial charge in [0.2, 0.25) is 0 Å². The molecule has 0 saturated heterocycles. The lowest BCUT2D eigenvalue weighted by Crippen LogP contribution is -2.05. The first-order valence-corrected chi connectivity index (χ1v) is 4.60. The van der Waals surface area contributed by atoms with E-state index < -0.39 is 0 Å². The Labute approximate surface area is 82.6 Å². The molecule has 0 atom stereocenters. The van der Waals surface area contributed by atoms with Crippen molar-refractivity contribution in [1.29, 1.82) is 0 Å². The van der Waals surface area contributed by atoms with Crippen LogP contribution in [0, 0.1) is 0 Å². The van der Waals surface area contributed by atoms with E-state index >= 15 is 0 Å². The van der Waals surface area contributed by atoms with E-state index in [-0.39, 0.29) is 0 Å².